The van der Waals surface area contributed by atoms with Crippen LogP contribution < -0.4 is 5.73 Å². The van der Waals surface area contributed by atoms with Crippen LogP contribution in [0.5, 0.6) is 0 Å². The maximum Gasteiger partial charge on any atom is 0.142 e. The number of halogens is 3. The van der Waals surface area contributed by atoms with Gasteiger partial charge in [-0.25, -0.2) is 4.39 Å². The standard InChI is InChI=1S/C15H14BrClFN/c1-9-6-11(16)3-4-12(9)15(19)8-10-2-5-13(17)14(18)7-10/h2-7,15H,8,19H2,1H3. The fraction of sp³-hybridized carbons (Fsp3) is 0.200. The van der Waals surface area contributed by atoms with E-state index >= 15 is 0 Å². The molecule has 100 valence electrons. The lowest BCUT2D eigenvalue weighted by atomic mass is 9.96. The maximum absolute atomic E-state index is 13.4. The number of aryl methyl sites for hydroxylation is 1. The summed E-state index contributed by atoms with van der Waals surface area (Å²) in [5.41, 5.74) is 9.23. The van der Waals surface area contributed by atoms with Crippen LogP contribution in [0.4, 0.5) is 4.39 Å². The zero-order valence-electron chi connectivity index (χ0n) is 10.5. The van der Waals surface area contributed by atoms with Crippen molar-refractivity contribution in [1.82, 2.24) is 0 Å². The molecular formula is C15H14BrClFN. The maximum atomic E-state index is 13.4. The van der Waals surface area contributed by atoms with Gasteiger partial charge in [0, 0.05) is 10.5 Å². The molecule has 0 amide bonds. The molecule has 1 unspecified atom stereocenters. The average Bonchev–Trinajstić information content (AvgIpc) is 2.33. The predicted octanol–water partition coefficient (Wildman–Crippen LogP) is 4.79. The van der Waals surface area contributed by atoms with Crippen molar-refractivity contribution in [3.8, 4) is 0 Å². The Morgan fingerprint density at radius 1 is 1.26 bits per heavy atom. The summed E-state index contributed by atoms with van der Waals surface area (Å²) in [5, 5.41) is 0.136. The zero-order chi connectivity index (χ0) is 14.0. The van der Waals surface area contributed by atoms with E-state index in [1.54, 1.807) is 12.1 Å². The number of benzene rings is 2. The van der Waals surface area contributed by atoms with Gasteiger partial charge in [0.15, 0.2) is 0 Å². The second-order valence-electron chi connectivity index (χ2n) is 4.56. The SMILES string of the molecule is Cc1cc(Br)ccc1C(N)Cc1ccc(Cl)c(F)c1. The molecule has 2 aromatic carbocycles. The van der Waals surface area contributed by atoms with Crippen molar-refractivity contribution in [1.29, 1.82) is 0 Å². The normalized spacial score (nSPS) is 12.5. The molecule has 1 atom stereocenters. The highest BCUT2D eigenvalue weighted by Crippen LogP contribution is 2.24. The van der Waals surface area contributed by atoms with E-state index in [-0.39, 0.29) is 11.1 Å². The highest BCUT2D eigenvalue weighted by atomic mass is 79.9. The fourth-order valence-corrected chi connectivity index (χ4v) is 2.68. The molecule has 0 aliphatic rings. The van der Waals surface area contributed by atoms with Gasteiger partial charge in [0.2, 0.25) is 0 Å². The molecule has 1 nitrogen and oxygen atoms in total. The quantitative estimate of drug-likeness (QED) is 0.852. The van der Waals surface area contributed by atoms with Crippen molar-refractivity contribution < 1.29 is 4.39 Å². The van der Waals surface area contributed by atoms with Gasteiger partial charge in [0.25, 0.3) is 0 Å². The molecule has 2 rings (SSSR count). The lowest BCUT2D eigenvalue weighted by Gasteiger charge is -2.15. The monoisotopic (exact) mass is 341 g/mol. The molecule has 2 aromatic rings. The van der Waals surface area contributed by atoms with Gasteiger partial charge in [0.05, 0.1) is 5.02 Å². The largest absolute Gasteiger partial charge is 0.324 e. The van der Waals surface area contributed by atoms with Crippen molar-refractivity contribution in [2.45, 2.75) is 19.4 Å². The molecule has 0 aliphatic heterocycles. The van der Waals surface area contributed by atoms with Gasteiger partial charge in [-0.1, -0.05) is 39.7 Å². The summed E-state index contributed by atoms with van der Waals surface area (Å²) in [7, 11) is 0. The van der Waals surface area contributed by atoms with E-state index in [0.717, 1.165) is 21.2 Å². The molecule has 0 radical (unpaired) electrons. The molecule has 0 saturated carbocycles. The molecule has 0 aliphatic carbocycles. The van der Waals surface area contributed by atoms with Crippen molar-refractivity contribution in [3.63, 3.8) is 0 Å². The Morgan fingerprint density at radius 3 is 2.63 bits per heavy atom. The molecule has 0 fully saturated rings. The van der Waals surface area contributed by atoms with Crippen LogP contribution in [0.15, 0.2) is 40.9 Å². The van der Waals surface area contributed by atoms with Gasteiger partial charge >= 0.3 is 0 Å². The van der Waals surface area contributed by atoms with Gasteiger partial charge in [0.1, 0.15) is 5.82 Å². The van der Waals surface area contributed by atoms with Crippen LogP contribution in [0, 0.1) is 12.7 Å². The third-order valence-corrected chi connectivity index (χ3v) is 3.87. The second kappa shape index (κ2) is 6.04. The Kier molecular flexibility index (Phi) is 4.61. The molecular weight excluding hydrogens is 329 g/mol. The van der Waals surface area contributed by atoms with Gasteiger partial charge in [-0.2, -0.15) is 0 Å². The molecule has 0 heterocycles. The average molecular weight is 343 g/mol. The van der Waals surface area contributed by atoms with Gasteiger partial charge in [-0.15, -0.1) is 0 Å². The third-order valence-electron chi connectivity index (χ3n) is 3.07. The van der Waals surface area contributed by atoms with E-state index in [4.69, 9.17) is 17.3 Å². The number of nitrogens with two attached hydrogens (primary N) is 1. The summed E-state index contributed by atoms with van der Waals surface area (Å²) < 4.78 is 14.4. The van der Waals surface area contributed by atoms with Crippen molar-refractivity contribution in [3.05, 3.63) is 68.4 Å². The first-order chi connectivity index (χ1) is 8.97. The van der Waals surface area contributed by atoms with E-state index in [1.165, 1.54) is 6.07 Å². The van der Waals surface area contributed by atoms with E-state index in [2.05, 4.69) is 15.9 Å². The minimum atomic E-state index is -0.404. The molecule has 0 aromatic heterocycles. The van der Waals surface area contributed by atoms with Gasteiger partial charge in [-0.3, -0.25) is 0 Å². The van der Waals surface area contributed by atoms with Crippen molar-refractivity contribution in [2.24, 2.45) is 5.73 Å². The molecule has 19 heavy (non-hydrogen) atoms. The highest BCUT2D eigenvalue weighted by molar-refractivity contribution is 9.10. The Balaban J connectivity index is 2.20. The lowest BCUT2D eigenvalue weighted by molar-refractivity contribution is 0.622. The van der Waals surface area contributed by atoms with E-state index in [0.29, 0.717) is 6.42 Å². The third kappa shape index (κ3) is 3.56. The van der Waals surface area contributed by atoms with Gasteiger partial charge < -0.3 is 5.73 Å². The number of hydrogen-bond acceptors (Lipinski definition) is 1. The van der Waals surface area contributed by atoms with E-state index < -0.39 is 5.82 Å². The first-order valence-corrected chi connectivity index (χ1v) is 7.10. The van der Waals surface area contributed by atoms with E-state index in [9.17, 15) is 4.39 Å². The van der Waals surface area contributed by atoms with Crippen LogP contribution in [-0.4, -0.2) is 0 Å². The Hall–Kier alpha value is -0.900. The fourth-order valence-electron chi connectivity index (χ4n) is 2.09. The smallest absolute Gasteiger partial charge is 0.142 e. The Labute approximate surface area is 125 Å². The summed E-state index contributed by atoms with van der Waals surface area (Å²) in [5.74, 6) is -0.404. The van der Waals surface area contributed by atoms with E-state index in [1.807, 2.05) is 25.1 Å². The summed E-state index contributed by atoms with van der Waals surface area (Å²) >= 11 is 9.09. The molecule has 0 saturated heterocycles. The summed E-state index contributed by atoms with van der Waals surface area (Å²) in [4.78, 5) is 0. The summed E-state index contributed by atoms with van der Waals surface area (Å²) in [6.07, 6.45) is 0.580. The van der Waals surface area contributed by atoms with Crippen LogP contribution >= 0.6 is 27.5 Å². The minimum Gasteiger partial charge on any atom is -0.324 e. The van der Waals surface area contributed by atoms with Crippen molar-refractivity contribution in [2.75, 3.05) is 0 Å². The van der Waals surface area contributed by atoms with Crippen LogP contribution in [0.25, 0.3) is 0 Å². The van der Waals surface area contributed by atoms with Gasteiger partial charge in [-0.05, 0) is 54.3 Å². The molecule has 2 N–H and O–H groups in total. The second-order valence-corrected chi connectivity index (χ2v) is 5.88. The zero-order valence-corrected chi connectivity index (χ0v) is 12.8. The van der Waals surface area contributed by atoms with Crippen molar-refractivity contribution >= 4 is 27.5 Å². The summed E-state index contributed by atoms with van der Waals surface area (Å²) in [6, 6.07) is 10.6. The lowest BCUT2D eigenvalue weighted by Crippen LogP contribution is -2.14. The number of hydrogen-bond donors (Lipinski definition) is 1. The topological polar surface area (TPSA) is 26.0 Å². The molecule has 0 spiro atoms. The summed E-state index contributed by atoms with van der Waals surface area (Å²) in [6.45, 7) is 2.02. The molecule has 4 heteroatoms. The van der Waals surface area contributed by atoms with Crippen LogP contribution in [0.2, 0.25) is 5.02 Å². The Morgan fingerprint density at radius 2 is 2.00 bits per heavy atom. The first-order valence-electron chi connectivity index (χ1n) is 5.93. The van der Waals surface area contributed by atoms with Crippen LogP contribution in [0.3, 0.4) is 0 Å². The highest BCUT2D eigenvalue weighted by Gasteiger charge is 2.11. The number of rotatable bonds is 3. The Bertz CT molecular complexity index is 601. The molecule has 0 bridgehead atoms. The van der Waals surface area contributed by atoms with Crippen LogP contribution in [-0.2, 0) is 6.42 Å². The minimum absolute atomic E-state index is 0.136. The van der Waals surface area contributed by atoms with Crippen LogP contribution in [0.1, 0.15) is 22.7 Å². The first kappa shape index (κ1) is 14.5. The predicted molar refractivity (Wildman–Crippen MR) is 80.9 cm³/mol.